The normalized spacial score (nSPS) is 16.7. The lowest BCUT2D eigenvalue weighted by Gasteiger charge is -1.99. The molecule has 0 bridgehead atoms. The number of aliphatic hydroxyl groups excluding tert-OH is 1. The standard InChI is InChI=1S/C12H14N2O/c1-8-7-11(6-3-9(2)15)14-12(13-8)10-4-5-10/h7,9-10,15H,4-5H2,1-2H3/t9-/m1/s1. The van der Waals surface area contributed by atoms with Crippen LogP contribution in [0.5, 0.6) is 0 Å². The van der Waals surface area contributed by atoms with E-state index in [9.17, 15) is 0 Å². The van der Waals surface area contributed by atoms with Gasteiger partial charge in [-0.1, -0.05) is 5.92 Å². The van der Waals surface area contributed by atoms with Gasteiger partial charge in [0.2, 0.25) is 0 Å². The van der Waals surface area contributed by atoms with Gasteiger partial charge in [0, 0.05) is 11.6 Å². The molecule has 1 atom stereocenters. The van der Waals surface area contributed by atoms with Gasteiger partial charge < -0.3 is 5.11 Å². The third kappa shape index (κ3) is 2.77. The Morgan fingerprint density at radius 3 is 2.80 bits per heavy atom. The Kier molecular flexibility index (Phi) is 2.70. The van der Waals surface area contributed by atoms with E-state index in [2.05, 4.69) is 21.8 Å². The summed E-state index contributed by atoms with van der Waals surface area (Å²) in [5.74, 6) is 6.99. The zero-order valence-corrected chi connectivity index (χ0v) is 8.99. The second kappa shape index (κ2) is 4.00. The maximum Gasteiger partial charge on any atom is 0.133 e. The van der Waals surface area contributed by atoms with Crippen LogP contribution in [0, 0.1) is 18.8 Å². The number of aromatic nitrogens is 2. The van der Waals surface area contributed by atoms with Crippen LogP contribution in [-0.2, 0) is 0 Å². The van der Waals surface area contributed by atoms with Crippen LogP contribution in [0.2, 0.25) is 0 Å². The van der Waals surface area contributed by atoms with E-state index in [1.807, 2.05) is 13.0 Å². The number of hydrogen-bond acceptors (Lipinski definition) is 3. The van der Waals surface area contributed by atoms with Crippen LogP contribution < -0.4 is 0 Å². The van der Waals surface area contributed by atoms with Gasteiger partial charge in [-0.3, -0.25) is 0 Å². The molecule has 0 aliphatic heterocycles. The first-order chi connectivity index (χ1) is 7.15. The summed E-state index contributed by atoms with van der Waals surface area (Å²) in [6.45, 7) is 3.59. The molecule has 3 nitrogen and oxygen atoms in total. The fourth-order valence-corrected chi connectivity index (χ4v) is 1.36. The van der Waals surface area contributed by atoms with Gasteiger partial charge in [0.05, 0.1) is 0 Å². The van der Waals surface area contributed by atoms with Crippen LogP contribution in [0.15, 0.2) is 6.07 Å². The fourth-order valence-electron chi connectivity index (χ4n) is 1.36. The average Bonchev–Trinajstić information content (AvgIpc) is 2.97. The molecule has 1 N–H and O–H groups in total. The molecular weight excluding hydrogens is 188 g/mol. The predicted molar refractivity (Wildman–Crippen MR) is 57.3 cm³/mol. The van der Waals surface area contributed by atoms with Crippen molar-refractivity contribution in [2.75, 3.05) is 0 Å². The molecule has 1 fully saturated rings. The molecule has 1 heterocycles. The van der Waals surface area contributed by atoms with E-state index in [1.165, 1.54) is 12.8 Å². The zero-order chi connectivity index (χ0) is 10.8. The summed E-state index contributed by atoms with van der Waals surface area (Å²) in [6.07, 6.45) is 1.77. The Morgan fingerprint density at radius 2 is 2.20 bits per heavy atom. The second-order valence-electron chi connectivity index (χ2n) is 3.97. The summed E-state index contributed by atoms with van der Waals surface area (Å²) in [5.41, 5.74) is 1.66. The summed E-state index contributed by atoms with van der Waals surface area (Å²) in [4.78, 5) is 8.75. The quantitative estimate of drug-likeness (QED) is 0.700. The van der Waals surface area contributed by atoms with Gasteiger partial charge in [-0.15, -0.1) is 0 Å². The SMILES string of the molecule is Cc1cc(C#C[C@@H](C)O)nc(C2CC2)n1. The lowest BCUT2D eigenvalue weighted by molar-refractivity contribution is 0.253. The number of aliphatic hydroxyl groups is 1. The second-order valence-corrected chi connectivity index (χ2v) is 3.97. The molecule has 0 saturated heterocycles. The minimum absolute atomic E-state index is 0.539. The molecule has 2 rings (SSSR count). The Hall–Kier alpha value is -1.40. The third-order valence-electron chi connectivity index (χ3n) is 2.22. The summed E-state index contributed by atoms with van der Waals surface area (Å²) in [5, 5.41) is 9.06. The maximum absolute atomic E-state index is 9.06. The molecule has 78 valence electrons. The van der Waals surface area contributed by atoms with Crippen LogP contribution in [0.25, 0.3) is 0 Å². The van der Waals surface area contributed by atoms with Crippen LogP contribution in [0.3, 0.4) is 0 Å². The van der Waals surface area contributed by atoms with Gasteiger partial charge in [-0.25, -0.2) is 9.97 Å². The first kappa shape index (κ1) is 10.1. The number of hydrogen-bond donors (Lipinski definition) is 1. The Bertz CT molecular complexity index is 425. The van der Waals surface area contributed by atoms with Crippen LogP contribution in [0.1, 0.15) is 42.9 Å². The van der Waals surface area contributed by atoms with Crippen molar-refractivity contribution in [3.8, 4) is 11.8 Å². The van der Waals surface area contributed by atoms with Gasteiger partial charge in [-0.2, -0.15) is 0 Å². The number of nitrogens with zero attached hydrogens (tertiary/aromatic N) is 2. The van der Waals surface area contributed by atoms with E-state index in [0.29, 0.717) is 11.6 Å². The first-order valence-electron chi connectivity index (χ1n) is 5.20. The minimum Gasteiger partial charge on any atom is -0.381 e. The summed E-state index contributed by atoms with van der Waals surface area (Å²) in [7, 11) is 0. The molecule has 1 aromatic rings. The lowest BCUT2D eigenvalue weighted by atomic mass is 10.3. The predicted octanol–water partition coefficient (Wildman–Crippen LogP) is 1.39. The molecule has 1 aliphatic rings. The molecule has 1 saturated carbocycles. The molecule has 3 heteroatoms. The van der Waals surface area contributed by atoms with Crippen LogP contribution >= 0.6 is 0 Å². The monoisotopic (exact) mass is 202 g/mol. The van der Waals surface area contributed by atoms with Crippen LogP contribution in [0.4, 0.5) is 0 Å². The van der Waals surface area contributed by atoms with E-state index in [4.69, 9.17) is 5.11 Å². The molecule has 0 spiro atoms. The summed E-state index contributed by atoms with van der Waals surface area (Å²) < 4.78 is 0. The van der Waals surface area contributed by atoms with Crippen molar-refractivity contribution in [2.24, 2.45) is 0 Å². The van der Waals surface area contributed by atoms with Gasteiger partial charge >= 0.3 is 0 Å². The Labute approximate surface area is 89.6 Å². The van der Waals surface area contributed by atoms with E-state index in [0.717, 1.165) is 11.5 Å². The fraction of sp³-hybridized carbons (Fsp3) is 0.500. The van der Waals surface area contributed by atoms with E-state index < -0.39 is 6.10 Å². The van der Waals surface area contributed by atoms with Crippen molar-refractivity contribution < 1.29 is 5.11 Å². The molecule has 0 radical (unpaired) electrons. The van der Waals surface area contributed by atoms with Gasteiger partial charge in [-0.05, 0) is 38.7 Å². The highest BCUT2D eigenvalue weighted by molar-refractivity contribution is 5.30. The molecule has 0 unspecified atom stereocenters. The first-order valence-corrected chi connectivity index (χ1v) is 5.20. The number of rotatable bonds is 1. The maximum atomic E-state index is 9.06. The summed E-state index contributed by atoms with van der Waals surface area (Å²) in [6, 6.07) is 1.85. The van der Waals surface area contributed by atoms with Crippen LogP contribution in [-0.4, -0.2) is 21.2 Å². The highest BCUT2D eigenvalue weighted by Gasteiger charge is 2.26. The van der Waals surface area contributed by atoms with Gasteiger partial charge in [0.1, 0.15) is 17.6 Å². The molecule has 0 amide bonds. The van der Waals surface area contributed by atoms with Crippen molar-refractivity contribution in [3.05, 3.63) is 23.3 Å². The Morgan fingerprint density at radius 1 is 1.47 bits per heavy atom. The molecule has 1 aliphatic carbocycles. The molecule has 1 aromatic heterocycles. The van der Waals surface area contributed by atoms with Gasteiger partial charge in [0.15, 0.2) is 0 Å². The Balaban J connectivity index is 2.28. The largest absolute Gasteiger partial charge is 0.381 e. The van der Waals surface area contributed by atoms with Crippen molar-refractivity contribution in [2.45, 2.75) is 38.7 Å². The van der Waals surface area contributed by atoms with Crippen molar-refractivity contribution in [3.63, 3.8) is 0 Å². The molecular formula is C12H14N2O. The minimum atomic E-state index is -0.607. The average molecular weight is 202 g/mol. The van der Waals surface area contributed by atoms with Gasteiger partial charge in [0.25, 0.3) is 0 Å². The zero-order valence-electron chi connectivity index (χ0n) is 8.99. The van der Waals surface area contributed by atoms with E-state index >= 15 is 0 Å². The highest BCUT2D eigenvalue weighted by atomic mass is 16.3. The lowest BCUT2D eigenvalue weighted by Crippen LogP contribution is -1.99. The van der Waals surface area contributed by atoms with Crippen molar-refractivity contribution in [1.29, 1.82) is 0 Å². The third-order valence-corrected chi connectivity index (χ3v) is 2.22. The highest BCUT2D eigenvalue weighted by Crippen LogP contribution is 2.37. The van der Waals surface area contributed by atoms with Crippen molar-refractivity contribution >= 4 is 0 Å². The summed E-state index contributed by atoms with van der Waals surface area (Å²) >= 11 is 0. The van der Waals surface area contributed by atoms with Crippen molar-refractivity contribution in [1.82, 2.24) is 9.97 Å². The van der Waals surface area contributed by atoms with E-state index in [-0.39, 0.29) is 0 Å². The van der Waals surface area contributed by atoms with E-state index in [1.54, 1.807) is 6.92 Å². The molecule has 0 aromatic carbocycles. The topological polar surface area (TPSA) is 46.0 Å². The smallest absolute Gasteiger partial charge is 0.133 e. The molecule has 15 heavy (non-hydrogen) atoms. The number of aryl methyl sites for hydroxylation is 1.